The highest BCUT2D eigenvalue weighted by Crippen LogP contribution is 2.36. The number of nitrogens with one attached hydrogen (secondary N) is 1. The van der Waals surface area contributed by atoms with Crippen LogP contribution in [0.2, 0.25) is 0 Å². The van der Waals surface area contributed by atoms with Crippen molar-refractivity contribution in [2.24, 2.45) is 11.8 Å². The molecule has 0 aromatic carbocycles. The Kier molecular flexibility index (Phi) is 6.88. The third-order valence-electron chi connectivity index (χ3n) is 5.94. The fraction of sp³-hybridized carbons (Fsp3) is 0.667. The van der Waals surface area contributed by atoms with Crippen molar-refractivity contribution in [3.63, 3.8) is 0 Å². The molecule has 2 aliphatic rings. The van der Waals surface area contributed by atoms with Gasteiger partial charge in [-0.3, -0.25) is 14.5 Å². The van der Waals surface area contributed by atoms with E-state index in [0.717, 1.165) is 30.3 Å². The average Bonchev–Trinajstić information content (AvgIpc) is 2.98. The first-order chi connectivity index (χ1) is 13.4. The van der Waals surface area contributed by atoms with Gasteiger partial charge in [0.15, 0.2) is 5.78 Å². The maximum absolute atomic E-state index is 12.7. The first-order valence-corrected chi connectivity index (χ1v) is 11.1. The van der Waals surface area contributed by atoms with Crippen LogP contribution in [0.3, 0.4) is 0 Å². The lowest BCUT2D eigenvalue weighted by Gasteiger charge is -2.41. The number of nitrogens with zero attached hydrogens (tertiary/aromatic N) is 1. The molecule has 1 saturated heterocycles. The number of carbonyl (C=O) groups is 3. The van der Waals surface area contributed by atoms with Crippen LogP contribution in [0, 0.1) is 18.8 Å². The summed E-state index contributed by atoms with van der Waals surface area (Å²) in [6.07, 6.45) is 6.40. The molecule has 2 heterocycles. The molecule has 1 aliphatic heterocycles. The molecule has 154 valence electrons. The zero-order valence-electron chi connectivity index (χ0n) is 17.0. The second kappa shape index (κ2) is 9.18. The van der Waals surface area contributed by atoms with Crippen LogP contribution in [0.25, 0.3) is 0 Å². The number of piperidine rings is 1. The van der Waals surface area contributed by atoms with E-state index in [2.05, 4.69) is 10.2 Å². The molecular formula is C21H30N2O4S. The van der Waals surface area contributed by atoms with E-state index in [1.807, 2.05) is 0 Å². The highest BCUT2D eigenvalue weighted by molar-refractivity contribution is 7.18. The third kappa shape index (κ3) is 4.63. The van der Waals surface area contributed by atoms with Crippen LogP contribution in [0.1, 0.15) is 71.5 Å². The molecule has 2 atom stereocenters. The highest BCUT2D eigenvalue weighted by Gasteiger charge is 2.32. The van der Waals surface area contributed by atoms with Crippen molar-refractivity contribution in [3.05, 3.63) is 16.0 Å². The molecule has 7 heteroatoms. The number of ketones is 1. The minimum Gasteiger partial charge on any atom is -0.462 e. The van der Waals surface area contributed by atoms with Crippen LogP contribution in [0.4, 0.5) is 5.00 Å². The topological polar surface area (TPSA) is 75.7 Å². The monoisotopic (exact) mass is 406 g/mol. The number of carbonyl (C=O) groups excluding carboxylic acids is 3. The zero-order valence-corrected chi connectivity index (χ0v) is 17.8. The van der Waals surface area contributed by atoms with Gasteiger partial charge >= 0.3 is 5.97 Å². The molecule has 28 heavy (non-hydrogen) atoms. The van der Waals surface area contributed by atoms with Crippen molar-refractivity contribution in [2.45, 2.75) is 52.9 Å². The predicted octanol–water partition coefficient (Wildman–Crippen LogP) is 3.89. The van der Waals surface area contributed by atoms with Crippen LogP contribution in [0.15, 0.2) is 0 Å². The Morgan fingerprint density at radius 3 is 2.57 bits per heavy atom. The van der Waals surface area contributed by atoms with Gasteiger partial charge < -0.3 is 10.1 Å². The number of Topliss-reactive ketones (excluding diaryl/α,β-unsaturated/α-hetero) is 1. The lowest BCUT2D eigenvalue weighted by atomic mass is 9.75. The lowest BCUT2D eigenvalue weighted by Crippen LogP contribution is -2.44. The molecule has 0 unspecified atom stereocenters. The molecule has 0 radical (unpaired) electrons. The summed E-state index contributed by atoms with van der Waals surface area (Å²) in [6, 6.07) is 0. The van der Waals surface area contributed by atoms with E-state index in [0.29, 0.717) is 33.5 Å². The largest absolute Gasteiger partial charge is 0.462 e. The molecular weight excluding hydrogens is 376 g/mol. The van der Waals surface area contributed by atoms with Gasteiger partial charge in [0.2, 0.25) is 5.91 Å². The molecule has 2 fully saturated rings. The summed E-state index contributed by atoms with van der Waals surface area (Å²) in [5, 5.41) is 3.29. The first-order valence-electron chi connectivity index (χ1n) is 10.2. The summed E-state index contributed by atoms with van der Waals surface area (Å²) in [6.45, 7) is 7.41. The number of anilines is 1. The van der Waals surface area contributed by atoms with Crippen molar-refractivity contribution in [2.75, 3.05) is 31.6 Å². The Morgan fingerprint density at radius 1 is 1.18 bits per heavy atom. The molecule has 1 amide bonds. The summed E-state index contributed by atoms with van der Waals surface area (Å²) in [5.41, 5.74) is 0.880. The number of rotatable bonds is 6. The van der Waals surface area contributed by atoms with Gasteiger partial charge in [-0.05, 0) is 57.6 Å². The van der Waals surface area contributed by atoms with Gasteiger partial charge in [-0.2, -0.15) is 0 Å². The second-order valence-electron chi connectivity index (χ2n) is 7.91. The van der Waals surface area contributed by atoms with Crippen molar-refractivity contribution >= 4 is 34.0 Å². The second-order valence-corrected chi connectivity index (χ2v) is 8.93. The van der Waals surface area contributed by atoms with Crippen LogP contribution < -0.4 is 5.32 Å². The smallest absolute Gasteiger partial charge is 0.341 e. The number of amides is 1. The van der Waals surface area contributed by atoms with E-state index in [9.17, 15) is 14.4 Å². The van der Waals surface area contributed by atoms with Gasteiger partial charge in [0.1, 0.15) is 5.00 Å². The fourth-order valence-electron chi connectivity index (χ4n) is 4.58. The summed E-state index contributed by atoms with van der Waals surface area (Å²) in [5.74, 6) is 0.770. The Bertz CT molecular complexity index is 758. The van der Waals surface area contributed by atoms with Crippen molar-refractivity contribution in [1.82, 2.24) is 4.90 Å². The Hall–Kier alpha value is -1.73. The summed E-state index contributed by atoms with van der Waals surface area (Å²) in [7, 11) is 0. The quantitative estimate of drug-likeness (QED) is 0.573. The molecule has 1 aromatic heterocycles. The minimum atomic E-state index is -0.498. The first kappa shape index (κ1) is 21.0. The summed E-state index contributed by atoms with van der Waals surface area (Å²) >= 11 is 1.16. The number of likely N-dealkylation sites (tertiary alicyclic amines) is 1. The number of ether oxygens (including phenoxy) is 1. The zero-order chi connectivity index (χ0) is 20.3. The number of hydrogen-bond acceptors (Lipinski definition) is 6. The maximum atomic E-state index is 12.7. The van der Waals surface area contributed by atoms with Crippen molar-refractivity contribution in [3.8, 4) is 0 Å². The average molecular weight is 407 g/mol. The number of hydrogen-bond donors (Lipinski definition) is 1. The summed E-state index contributed by atoms with van der Waals surface area (Å²) in [4.78, 5) is 39.6. The van der Waals surface area contributed by atoms with E-state index >= 15 is 0 Å². The standard InChI is InChI=1S/C21H30N2O4S/c1-4-27-21(26)18-13(2)19(14(3)24)28-20(18)22-17(25)12-23-10-9-15-7-5-6-8-16(15)11-23/h15-16H,4-12H2,1-3H3,(H,22,25)/t15-,16+/m0/s1. The SMILES string of the molecule is CCOC(=O)c1c(NC(=O)CN2CC[C@@H]3CCCC[C@@H]3C2)sc(C(C)=O)c1C. The molecule has 1 aromatic rings. The molecule has 0 bridgehead atoms. The number of esters is 1. The summed E-state index contributed by atoms with van der Waals surface area (Å²) < 4.78 is 5.13. The van der Waals surface area contributed by atoms with E-state index < -0.39 is 5.97 Å². The van der Waals surface area contributed by atoms with Gasteiger partial charge in [0.25, 0.3) is 0 Å². The molecule has 1 N–H and O–H groups in total. The van der Waals surface area contributed by atoms with E-state index in [4.69, 9.17) is 4.74 Å². The Balaban J connectivity index is 1.68. The lowest BCUT2D eigenvalue weighted by molar-refractivity contribution is -0.118. The Labute approximate surface area is 170 Å². The van der Waals surface area contributed by atoms with Gasteiger partial charge in [0.05, 0.1) is 23.6 Å². The van der Waals surface area contributed by atoms with E-state index in [1.165, 1.54) is 39.0 Å². The van der Waals surface area contributed by atoms with Crippen LogP contribution >= 0.6 is 11.3 Å². The van der Waals surface area contributed by atoms with Crippen LogP contribution in [-0.2, 0) is 9.53 Å². The molecule has 6 nitrogen and oxygen atoms in total. The molecule has 1 aliphatic carbocycles. The molecule has 0 spiro atoms. The minimum absolute atomic E-state index is 0.118. The molecule has 1 saturated carbocycles. The van der Waals surface area contributed by atoms with E-state index in [1.54, 1.807) is 13.8 Å². The van der Waals surface area contributed by atoms with Crippen LogP contribution in [0.5, 0.6) is 0 Å². The number of thiophene rings is 1. The maximum Gasteiger partial charge on any atom is 0.341 e. The van der Waals surface area contributed by atoms with Crippen molar-refractivity contribution < 1.29 is 19.1 Å². The van der Waals surface area contributed by atoms with Gasteiger partial charge in [-0.25, -0.2) is 4.79 Å². The third-order valence-corrected chi connectivity index (χ3v) is 7.25. The van der Waals surface area contributed by atoms with Gasteiger partial charge in [-0.15, -0.1) is 11.3 Å². The normalized spacial score (nSPS) is 22.4. The predicted molar refractivity (Wildman–Crippen MR) is 110 cm³/mol. The van der Waals surface area contributed by atoms with E-state index in [-0.39, 0.29) is 18.3 Å². The van der Waals surface area contributed by atoms with Gasteiger partial charge in [-0.1, -0.05) is 19.3 Å². The van der Waals surface area contributed by atoms with Crippen molar-refractivity contribution in [1.29, 1.82) is 0 Å². The fourth-order valence-corrected chi connectivity index (χ4v) is 5.68. The Morgan fingerprint density at radius 2 is 1.89 bits per heavy atom. The highest BCUT2D eigenvalue weighted by atomic mass is 32.1. The molecule has 3 rings (SSSR count). The van der Waals surface area contributed by atoms with Gasteiger partial charge in [0, 0.05) is 6.54 Å². The van der Waals surface area contributed by atoms with Crippen LogP contribution in [-0.4, -0.2) is 48.8 Å². The number of fused-ring (bicyclic) bond motifs is 1.